The third-order valence-electron chi connectivity index (χ3n) is 11.6. The Balaban J connectivity index is 2.18. The number of benzene rings is 2. The van der Waals surface area contributed by atoms with E-state index in [0.717, 1.165) is 16.9 Å². The number of Topliss-reactive ketones (excluding diaryl/α,β-unsaturated/α-hetero) is 1. The van der Waals surface area contributed by atoms with Crippen LogP contribution in [0.2, 0.25) is 54.4 Å². The average molecular weight is 761 g/mol. The number of ether oxygens (including phenoxy) is 4. The summed E-state index contributed by atoms with van der Waals surface area (Å²) in [5.74, 6) is 0.570. The maximum atomic E-state index is 15.1. The lowest BCUT2D eigenvalue weighted by Gasteiger charge is -2.53. The van der Waals surface area contributed by atoms with Gasteiger partial charge < -0.3 is 32.2 Å². The van der Waals surface area contributed by atoms with Crippen LogP contribution in [0.15, 0.2) is 54.6 Å². The molecule has 8 nitrogen and oxygen atoms in total. The molecular formula is C40H68O8Si3. The Labute approximate surface area is 312 Å². The van der Waals surface area contributed by atoms with Crippen LogP contribution >= 0.6 is 0 Å². The van der Waals surface area contributed by atoms with Gasteiger partial charge in [0.1, 0.15) is 43.1 Å². The minimum absolute atomic E-state index is 0.0484. The van der Waals surface area contributed by atoms with Crippen LogP contribution in [0, 0.1) is 0 Å². The molecule has 0 radical (unpaired) electrons. The van der Waals surface area contributed by atoms with Gasteiger partial charge >= 0.3 is 0 Å². The molecule has 0 heterocycles. The molecule has 2 aromatic carbocycles. The van der Waals surface area contributed by atoms with Crippen molar-refractivity contribution >= 4 is 30.7 Å². The van der Waals surface area contributed by atoms with Crippen LogP contribution in [0.1, 0.15) is 73.4 Å². The van der Waals surface area contributed by atoms with E-state index in [2.05, 4.69) is 102 Å². The van der Waals surface area contributed by atoms with Gasteiger partial charge in [-0.3, -0.25) is 4.79 Å². The molecule has 3 rings (SSSR count). The van der Waals surface area contributed by atoms with Crippen molar-refractivity contribution in [2.45, 2.75) is 160 Å². The zero-order valence-electron chi connectivity index (χ0n) is 34.5. The van der Waals surface area contributed by atoms with Crippen LogP contribution in [0.4, 0.5) is 0 Å². The Morgan fingerprint density at radius 1 is 0.549 bits per heavy atom. The Morgan fingerprint density at radius 3 is 1.51 bits per heavy atom. The number of carbonyl (C=O) groups is 1. The highest BCUT2D eigenvalue weighted by molar-refractivity contribution is 6.75. The molecule has 0 spiro atoms. The molecule has 1 aliphatic carbocycles. The van der Waals surface area contributed by atoms with Gasteiger partial charge in [-0.05, 0) is 77.7 Å². The summed E-state index contributed by atoms with van der Waals surface area (Å²) in [7, 11) is -5.83. The second-order valence-corrected chi connectivity index (χ2v) is 32.8. The number of ketones is 1. The van der Waals surface area contributed by atoms with Crippen molar-refractivity contribution in [3.05, 3.63) is 65.7 Å². The number of rotatable bonds is 15. The van der Waals surface area contributed by atoms with Crippen LogP contribution in [0.3, 0.4) is 0 Å². The Morgan fingerprint density at radius 2 is 1.02 bits per heavy atom. The summed E-state index contributed by atoms with van der Waals surface area (Å²) in [5, 5.41) is -0.405. The fourth-order valence-corrected chi connectivity index (χ4v) is 8.89. The molecule has 11 heteroatoms. The monoisotopic (exact) mass is 760 g/mol. The van der Waals surface area contributed by atoms with E-state index >= 15 is 4.79 Å². The third-order valence-corrected chi connectivity index (χ3v) is 25.0. The van der Waals surface area contributed by atoms with Crippen LogP contribution < -0.4 is 4.74 Å². The van der Waals surface area contributed by atoms with Crippen LogP contribution in [0.25, 0.3) is 0 Å². The number of hydrogen-bond acceptors (Lipinski definition) is 8. The largest absolute Gasteiger partial charge is 0.497 e. The number of hydrogen-bond donors (Lipinski definition) is 0. The van der Waals surface area contributed by atoms with E-state index in [1.54, 1.807) is 7.11 Å². The molecule has 0 N–H and O–H groups in total. The van der Waals surface area contributed by atoms with E-state index < -0.39 is 55.5 Å². The Kier molecular flexibility index (Phi) is 14.4. The maximum Gasteiger partial charge on any atom is 0.194 e. The number of carbonyl (C=O) groups excluding carboxylic acids is 1. The van der Waals surface area contributed by atoms with E-state index in [1.807, 2.05) is 54.6 Å². The SMILES string of the molecule is COc1ccc(CO[C@@H]2C(=O)[C@H](O[Si](C)(C)C(C)(C)C)[C@@H](O[Si](C)(C)C(C)(C)C)[C@H](O[Si](C)(C)C(C)(C)C)[C@H]2OCOCc2ccccc2)cc1. The van der Waals surface area contributed by atoms with Gasteiger partial charge in [0.15, 0.2) is 30.7 Å². The Bertz CT molecular complexity index is 1390. The van der Waals surface area contributed by atoms with Crippen molar-refractivity contribution in [3.8, 4) is 5.75 Å². The third kappa shape index (κ3) is 11.2. The van der Waals surface area contributed by atoms with E-state index in [-0.39, 0.29) is 34.3 Å². The average Bonchev–Trinajstić information content (AvgIpc) is 3.01. The van der Waals surface area contributed by atoms with Crippen molar-refractivity contribution in [1.29, 1.82) is 0 Å². The molecule has 1 saturated carbocycles. The summed E-state index contributed by atoms with van der Waals surface area (Å²) in [6, 6.07) is 17.6. The second kappa shape index (κ2) is 16.8. The van der Waals surface area contributed by atoms with E-state index in [9.17, 15) is 0 Å². The van der Waals surface area contributed by atoms with Crippen molar-refractivity contribution in [3.63, 3.8) is 0 Å². The molecule has 2 aromatic rings. The highest BCUT2D eigenvalue weighted by Gasteiger charge is 2.59. The Hall–Kier alpha value is -1.68. The molecule has 1 aliphatic rings. The molecule has 0 amide bonds. The first-order valence-corrected chi connectivity index (χ1v) is 27.1. The lowest BCUT2D eigenvalue weighted by Crippen LogP contribution is -2.70. The fourth-order valence-electron chi connectivity index (χ4n) is 5.06. The van der Waals surface area contributed by atoms with Crippen molar-refractivity contribution in [2.24, 2.45) is 0 Å². The first-order valence-electron chi connectivity index (χ1n) is 18.4. The highest BCUT2D eigenvalue weighted by atomic mass is 28.4. The van der Waals surface area contributed by atoms with Crippen LogP contribution in [-0.2, 0) is 45.5 Å². The van der Waals surface area contributed by atoms with Gasteiger partial charge in [-0.25, -0.2) is 0 Å². The quantitative estimate of drug-likeness (QED) is 0.101. The summed E-state index contributed by atoms with van der Waals surface area (Å²) >= 11 is 0. The highest BCUT2D eigenvalue weighted by Crippen LogP contribution is 2.46. The normalized spacial score (nSPS) is 22.7. The minimum Gasteiger partial charge on any atom is -0.497 e. The predicted octanol–water partition coefficient (Wildman–Crippen LogP) is 9.89. The smallest absolute Gasteiger partial charge is 0.194 e. The van der Waals surface area contributed by atoms with E-state index in [4.69, 9.17) is 32.2 Å². The van der Waals surface area contributed by atoms with E-state index in [0.29, 0.717) is 6.61 Å². The summed E-state index contributed by atoms with van der Waals surface area (Å²) in [5.41, 5.74) is 1.94. The molecule has 0 unspecified atom stereocenters. The summed E-state index contributed by atoms with van der Waals surface area (Å²) < 4.78 is 46.6. The zero-order valence-corrected chi connectivity index (χ0v) is 37.5. The van der Waals surface area contributed by atoms with Crippen LogP contribution in [0.5, 0.6) is 5.75 Å². The van der Waals surface area contributed by atoms with Crippen molar-refractivity contribution in [1.82, 2.24) is 0 Å². The number of methoxy groups -OCH3 is 1. The lowest BCUT2D eigenvalue weighted by molar-refractivity contribution is -0.217. The van der Waals surface area contributed by atoms with Crippen molar-refractivity contribution < 1.29 is 37.0 Å². The van der Waals surface area contributed by atoms with Crippen molar-refractivity contribution in [2.75, 3.05) is 13.9 Å². The molecule has 0 aliphatic heterocycles. The summed E-state index contributed by atoms with van der Waals surface area (Å²) in [6.45, 7) is 33.6. The molecule has 0 bridgehead atoms. The van der Waals surface area contributed by atoms with Gasteiger partial charge in [0, 0.05) is 0 Å². The predicted molar refractivity (Wildman–Crippen MR) is 214 cm³/mol. The van der Waals surface area contributed by atoms with Crippen LogP contribution in [-0.4, -0.2) is 75.2 Å². The maximum absolute atomic E-state index is 15.1. The molecule has 288 valence electrons. The zero-order chi connectivity index (χ0) is 38.6. The van der Waals surface area contributed by atoms with Gasteiger partial charge in [-0.1, -0.05) is 105 Å². The lowest BCUT2D eigenvalue weighted by atomic mass is 9.86. The fraction of sp³-hybridized carbons (Fsp3) is 0.675. The van der Waals surface area contributed by atoms with Gasteiger partial charge in [0.25, 0.3) is 0 Å². The molecular weight excluding hydrogens is 693 g/mol. The first-order chi connectivity index (χ1) is 23.3. The van der Waals surface area contributed by atoms with Gasteiger partial charge in [-0.15, -0.1) is 0 Å². The van der Waals surface area contributed by atoms with Gasteiger partial charge in [0.2, 0.25) is 0 Å². The second-order valence-electron chi connectivity index (χ2n) is 18.5. The topological polar surface area (TPSA) is 81.7 Å². The minimum atomic E-state index is -2.50. The molecule has 51 heavy (non-hydrogen) atoms. The summed E-state index contributed by atoms with van der Waals surface area (Å²) in [4.78, 5) is 15.1. The first kappa shape index (κ1) is 43.7. The summed E-state index contributed by atoms with van der Waals surface area (Å²) in [6.07, 6.45) is -4.07. The van der Waals surface area contributed by atoms with Gasteiger partial charge in [-0.2, -0.15) is 0 Å². The molecule has 1 fully saturated rings. The molecule has 5 atom stereocenters. The molecule has 0 aromatic heterocycles. The van der Waals surface area contributed by atoms with Gasteiger partial charge in [0.05, 0.1) is 20.3 Å². The molecule has 0 saturated heterocycles. The van der Waals surface area contributed by atoms with E-state index in [1.165, 1.54) is 0 Å². The standard InChI is InChI=1S/C40H68O8Si3/c1-38(2,3)49(11,12)46-34-32(41)33(44-27-30-22-24-31(42-10)25-23-30)35(45-28-43-26-29-20-18-17-19-21-29)37(48-51(15,16)40(7,8)9)36(34)47-50(13,14)39(4,5)6/h17-25,33-37H,26-28H2,1-16H3/t33-,34+,35+,36-,37-/m1/s1.